The summed E-state index contributed by atoms with van der Waals surface area (Å²) >= 11 is 0. The van der Waals surface area contributed by atoms with Gasteiger partial charge in [-0.15, -0.1) is 0 Å². The van der Waals surface area contributed by atoms with Crippen LogP contribution in [0.3, 0.4) is 0 Å². The molecule has 0 N–H and O–H groups in total. The van der Waals surface area contributed by atoms with Gasteiger partial charge in [-0.05, 0) is 41.4 Å². The number of hydrogen-bond acceptors (Lipinski definition) is 4. The topological polar surface area (TPSA) is 36.9 Å². The van der Waals surface area contributed by atoms with Crippen molar-refractivity contribution in [2.24, 2.45) is 22.2 Å². The zero-order chi connectivity index (χ0) is 19.4. The van der Waals surface area contributed by atoms with E-state index >= 15 is 0 Å². The van der Waals surface area contributed by atoms with Gasteiger partial charge in [0.2, 0.25) is 5.79 Å². The van der Waals surface area contributed by atoms with E-state index in [4.69, 9.17) is 19.6 Å². The van der Waals surface area contributed by atoms with E-state index in [1.807, 2.05) is 0 Å². The quantitative estimate of drug-likeness (QED) is 0.221. The SMILES string of the molecule is CC1CC(C)(C)CC(OOCCC(C)(C)C)(OOCCC(C)(C)C)C1. The minimum atomic E-state index is -0.809. The van der Waals surface area contributed by atoms with E-state index in [1.54, 1.807) is 0 Å². The highest BCUT2D eigenvalue weighted by atomic mass is 17.3. The predicted molar refractivity (Wildman–Crippen MR) is 102 cm³/mol. The molecule has 0 saturated heterocycles. The van der Waals surface area contributed by atoms with Crippen molar-refractivity contribution >= 4 is 0 Å². The van der Waals surface area contributed by atoms with E-state index < -0.39 is 5.79 Å². The molecular weight excluding hydrogens is 316 g/mol. The summed E-state index contributed by atoms with van der Waals surface area (Å²) in [5, 5.41) is 0. The van der Waals surface area contributed by atoms with E-state index in [2.05, 4.69) is 62.3 Å². The van der Waals surface area contributed by atoms with Crippen LogP contribution < -0.4 is 0 Å². The fraction of sp³-hybridized carbons (Fsp3) is 1.00. The molecule has 150 valence electrons. The normalized spacial score (nSPS) is 23.6. The molecule has 1 aliphatic carbocycles. The maximum Gasteiger partial charge on any atom is 0.234 e. The summed E-state index contributed by atoms with van der Waals surface area (Å²) in [6, 6.07) is 0. The lowest BCUT2D eigenvalue weighted by Gasteiger charge is -2.44. The van der Waals surface area contributed by atoms with Crippen molar-refractivity contribution in [2.75, 3.05) is 13.2 Å². The Balaban J connectivity index is 2.63. The molecule has 1 fully saturated rings. The second kappa shape index (κ2) is 8.69. The van der Waals surface area contributed by atoms with Gasteiger partial charge >= 0.3 is 0 Å². The van der Waals surface area contributed by atoms with Crippen molar-refractivity contribution in [2.45, 2.75) is 100 Å². The van der Waals surface area contributed by atoms with Gasteiger partial charge in [-0.2, -0.15) is 9.78 Å². The minimum Gasteiger partial charge on any atom is -0.234 e. The fourth-order valence-corrected chi connectivity index (χ4v) is 3.55. The molecule has 1 saturated carbocycles. The van der Waals surface area contributed by atoms with Crippen LogP contribution in [0.15, 0.2) is 0 Å². The molecule has 0 aromatic carbocycles. The van der Waals surface area contributed by atoms with Gasteiger partial charge in [-0.1, -0.05) is 62.3 Å². The summed E-state index contributed by atoms with van der Waals surface area (Å²) in [4.78, 5) is 22.9. The molecule has 0 aromatic heterocycles. The van der Waals surface area contributed by atoms with Crippen molar-refractivity contribution < 1.29 is 19.6 Å². The van der Waals surface area contributed by atoms with Crippen molar-refractivity contribution in [3.63, 3.8) is 0 Å². The van der Waals surface area contributed by atoms with E-state index in [-0.39, 0.29) is 16.2 Å². The van der Waals surface area contributed by atoms with Crippen LogP contribution in [-0.2, 0) is 19.6 Å². The third-order valence-corrected chi connectivity index (χ3v) is 4.60. The Bertz CT molecular complexity index is 368. The van der Waals surface area contributed by atoms with Crippen LogP contribution in [0.5, 0.6) is 0 Å². The molecule has 0 aliphatic heterocycles. The van der Waals surface area contributed by atoms with Crippen LogP contribution in [0, 0.1) is 22.2 Å². The van der Waals surface area contributed by atoms with Crippen LogP contribution in [0.4, 0.5) is 0 Å². The van der Waals surface area contributed by atoms with Gasteiger partial charge in [0.25, 0.3) is 0 Å². The predicted octanol–water partition coefficient (Wildman–Crippen LogP) is 6.30. The van der Waals surface area contributed by atoms with E-state index in [1.165, 1.54) is 0 Å². The zero-order valence-corrected chi connectivity index (χ0v) is 18.2. The molecule has 0 aromatic rings. The van der Waals surface area contributed by atoms with Gasteiger partial charge in [0.05, 0.1) is 13.2 Å². The average Bonchev–Trinajstić information content (AvgIpc) is 2.36. The van der Waals surface area contributed by atoms with Crippen LogP contribution in [-0.4, -0.2) is 19.0 Å². The Kier molecular flexibility index (Phi) is 7.95. The summed E-state index contributed by atoms with van der Waals surface area (Å²) in [5.74, 6) is -0.308. The molecule has 4 nitrogen and oxygen atoms in total. The molecule has 0 heterocycles. The maximum absolute atomic E-state index is 5.86. The van der Waals surface area contributed by atoms with Gasteiger partial charge in [0.15, 0.2) is 0 Å². The van der Waals surface area contributed by atoms with Crippen LogP contribution in [0.25, 0.3) is 0 Å². The second-order valence-corrected chi connectivity index (χ2v) is 11.2. The summed E-state index contributed by atoms with van der Waals surface area (Å²) < 4.78 is 0. The lowest BCUT2D eigenvalue weighted by molar-refractivity contribution is -0.524. The Hall–Kier alpha value is -0.160. The second-order valence-electron chi connectivity index (χ2n) is 11.2. The molecule has 1 atom stereocenters. The largest absolute Gasteiger partial charge is 0.234 e. The van der Waals surface area contributed by atoms with Crippen LogP contribution >= 0.6 is 0 Å². The number of hydrogen-bond donors (Lipinski definition) is 0. The third kappa shape index (κ3) is 9.93. The molecule has 1 rings (SSSR count). The van der Waals surface area contributed by atoms with Gasteiger partial charge < -0.3 is 0 Å². The molecule has 1 unspecified atom stereocenters. The molecule has 0 spiro atoms. The Morgan fingerprint density at radius 1 is 0.800 bits per heavy atom. The Morgan fingerprint density at radius 2 is 1.24 bits per heavy atom. The first-order valence-corrected chi connectivity index (χ1v) is 9.83. The van der Waals surface area contributed by atoms with E-state index in [9.17, 15) is 0 Å². The Labute approximate surface area is 155 Å². The average molecular weight is 359 g/mol. The molecular formula is C21H42O4. The Morgan fingerprint density at radius 3 is 1.60 bits per heavy atom. The standard InChI is InChI=1S/C21H42O4/c1-17-14-20(8,9)16-21(15-17,24-22-12-10-18(2,3)4)25-23-13-11-19(5,6)7/h17H,10-16H2,1-9H3. The van der Waals surface area contributed by atoms with Gasteiger partial charge in [-0.3, -0.25) is 0 Å². The van der Waals surface area contributed by atoms with Crippen LogP contribution in [0.1, 0.15) is 94.4 Å². The lowest BCUT2D eigenvalue weighted by Crippen LogP contribution is -2.46. The van der Waals surface area contributed by atoms with E-state index in [0.29, 0.717) is 19.1 Å². The zero-order valence-electron chi connectivity index (χ0n) is 18.2. The fourth-order valence-electron chi connectivity index (χ4n) is 3.55. The van der Waals surface area contributed by atoms with Gasteiger partial charge in [0, 0.05) is 12.8 Å². The monoisotopic (exact) mass is 358 g/mol. The summed E-state index contributed by atoms with van der Waals surface area (Å²) in [7, 11) is 0. The summed E-state index contributed by atoms with van der Waals surface area (Å²) in [5.41, 5.74) is 0.581. The third-order valence-electron chi connectivity index (χ3n) is 4.60. The minimum absolute atomic E-state index is 0.137. The van der Waals surface area contributed by atoms with E-state index in [0.717, 1.165) is 32.1 Å². The molecule has 0 bridgehead atoms. The highest BCUT2D eigenvalue weighted by molar-refractivity contribution is 4.88. The number of rotatable bonds is 8. The molecule has 0 radical (unpaired) electrons. The first-order chi connectivity index (χ1) is 11.2. The summed E-state index contributed by atoms with van der Waals surface area (Å²) in [6.07, 6.45) is 4.60. The lowest BCUT2D eigenvalue weighted by atomic mass is 9.70. The van der Waals surface area contributed by atoms with Gasteiger partial charge in [-0.25, -0.2) is 9.78 Å². The van der Waals surface area contributed by atoms with Gasteiger partial charge in [0.1, 0.15) is 0 Å². The maximum atomic E-state index is 5.86. The van der Waals surface area contributed by atoms with Crippen molar-refractivity contribution in [1.82, 2.24) is 0 Å². The van der Waals surface area contributed by atoms with Crippen molar-refractivity contribution in [1.29, 1.82) is 0 Å². The van der Waals surface area contributed by atoms with Crippen LogP contribution in [0.2, 0.25) is 0 Å². The first kappa shape index (κ1) is 22.9. The molecule has 0 amide bonds. The molecule has 4 heteroatoms. The highest BCUT2D eigenvalue weighted by Gasteiger charge is 2.47. The summed E-state index contributed by atoms with van der Waals surface area (Å²) in [6.45, 7) is 21.1. The highest BCUT2D eigenvalue weighted by Crippen LogP contribution is 2.46. The first-order valence-electron chi connectivity index (χ1n) is 9.83. The smallest absolute Gasteiger partial charge is 0.234 e. The molecule has 25 heavy (non-hydrogen) atoms. The van der Waals surface area contributed by atoms with Crippen molar-refractivity contribution in [3.8, 4) is 0 Å². The molecule has 1 aliphatic rings. The van der Waals surface area contributed by atoms with Crippen molar-refractivity contribution in [3.05, 3.63) is 0 Å².